The molecular formula is C42H33N3. The molecule has 0 amide bonds. The van der Waals surface area contributed by atoms with E-state index >= 15 is 0 Å². The first-order chi connectivity index (χ1) is 22.0. The Hall–Kier alpha value is -6.06. The highest BCUT2D eigenvalue weighted by Gasteiger charge is 2.11. The summed E-state index contributed by atoms with van der Waals surface area (Å²) < 4.78 is 0. The average Bonchev–Trinajstić information content (AvgIpc) is 3.09. The number of hydrogen-bond donors (Lipinski definition) is 3. The highest BCUT2D eigenvalue weighted by Crippen LogP contribution is 2.37. The SMILES string of the molecule is Nc1ccc(-c2cccc(-c3cc(-c4cccc(-c5cccc(N)c5)c4)cc(-c4cccc(-c5ccccc5N)c4)c3)c2)cc1. The van der Waals surface area contributed by atoms with Crippen LogP contribution < -0.4 is 17.2 Å². The molecule has 3 nitrogen and oxygen atoms in total. The van der Waals surface area contributed by atoms with Crippen LogP contribution in [0.1, 0.15) is 0 Å². The summed E-state index contributed by atoms with van der Waals surface area (Å²) in [5, 5.41) is 0. The number of rotatable bonds is 6. The van der Waals surface area contributed by atoms with Crippen LogP contribution in [-0.4, -0.2) is 0 Å². The van der Waals surface area contributed by atoms with Crippen molar-refractivity contribution in [2.75, 3.05) is 17.2 Å². The first-order valence-electron chi connectivity index (χ1n) is 15.0. The van der Waals surface area contributed by atoms with Crippen LogP contribution in [0.5, 0.6) is 0 Å². The van der Waals surface area contributed by atoms with Gasteiger partial charge in [0.15, 0.2) is 0 Å². The Labute approximate surface area is 264 Å². The first kappa shape index (κ1) is 27.8. The fourth-order valence-electron chi connectivity index (χ4n) is 5.90. The molecule has 7 aromatic carbocycles. The molecule has 3 heteroatoms. The average molecular weight is 580 g/mol. The lowest BCUT2D eigenvalue weighted by molar-refractivity contribution is 1.54. The maximum Gasteiger partial charge on any atom is 0.0393 e. The molecule has 0 atom stereocenters. The van der Waals surface area contributed by atoms with Gasteiger partial charge in [0.05, 0.1) is 0 Å². The van der Waals surface area contributed by atoms with Crippen LogP contribution in [-0.2, 0) is 0 Å². The Morgan fingerprint density at radius 2 is 0.644 bits per heavy atom. The molecular weight excluding hydrogens is 546 g/mol. The minimum atomic E-state index is 0.752. The van der Waals surface area contributed by atoms with Crippen molar-refractivity contribution in [1.29, 1.82) is 0 Å². The summed E-state index contributed by atoms with van der Waals surface area (Å²) >= 11 is 0. The molecule has 0 spiro atoms. The van der Waals surface area contributed by atoms with Gasteiger partial charge in [-0.25, -0.2) is 0 Å². The van der Waals surface area contributed by atoms with Crippen molar-refractivity contribution in [2.45, 2.75) is 0 Å². The van der Waals surface area contributed by atoms with Crippen LogP contribution in [0.15, 0.2) is 164 Å². The van der Waals surface area contributed by atoms with Crippen molar-refractivity contribution >= 4 is 17.1 Å². The van der Waals surface area contributed by atoms with Crippen LogP contribution in [0.4, 0.5) is 17.1 Å². The van der Waals surface area contributed by atoms with Gasteiger partial charge in [0.2, 0.25) is 0 Å². The molecule has 0 saturated carbocycles. The summed E-state index contributed by atoms with van der Waals surface area (Å²) in [5.41, 5.74) is 34.2. The van der Waals surface area contributed by atoms with Crippen LogP contribution in [0.25, 0.3) is 66.8 Å². The van der Waals surface area contributed by atoms with E-state index in [0.29, 0.717) is 0 Å². The Bertz CT molecular complexity index is 2140. The molecule has 0 aliphatic carbocycles. The number of nitrogen functional groups attached to an aromatic ring is 3. The monoisotopic (exact) mass is 579 g/mol. The summed E-state index contributed by atoms with van der Waals surface area (Å²) in [6.07, 6.45) is 0. The molecule has 45 heavy (non-hydrogen) atoms. The maximum absolute atomic E-state index is 6.37. The van der Waals surface area contributed by atoms with E-state index in [-0.39, 0.29) is 0 Å². The third-order valence-electron chi connectivity index (χ3n) is 8.26. The second-order valence-electron chi connectivity index (χ2n) is 11.4. The molecule has 0 heterocycles. The van der Waals surface area contributed by atoms with Gasteiger partial charge >= 0.3 is 0 Å². The summed E-state index contributed by atoms with van der Waals surface area (Å²) in [7, 11) is 0. The van der Waals surface area contributed by atoms with E-state index in [4.69, 9.17) is 17.2 Å². The van der Waals surface area contributed by atoms with Crippen LogP contribution in [0, 0.1) is 0 Å². The van der Waals surface area contributed by atoms with Crippen molar-refractivity contribution in [1.82, 2.24) is 0 Å². The number of para-hydroxylation sites is 1. The van der Waals surface area contributed by atoms with E-state index in [1.54, 1.807) is 0 Å². The van der Waals surface area contributed by atoms with E-state index in [9.17, 15) is 0 Å². The normalized spacial score (nSPS) is 10.9. The van der Waals surface area contributed by atoms with Crippen LogP contribution in [0.3, 0.4) is 0 Å². The predicted octanol–water partition coefficient (Wildman–Crippen LogP) is 10.4. The third kappa shape index (κ3) is 5.93. The van der Waals surface area contributed by atoms with E-state index in [1.165, 1.54) is 0 Å². The van der Waals surface area contributed by atoms with Gasteiger partial charge in [0.25, 0.3) is 0 Å². The number of nitrogens with two attached hydrogens (primary N) is 3. The van der Waals surface area contributed by atoms with Gasteiger partial charge in [-0.1, -0.05) is 97.1 Å². The van der Waals surface area contributed by atoms with Gasteiger partial charge in [-0.3, -0.25) is 0 Å². The summed E-state index contributed by atoms with van der Waals surface area (Å²) in [5.74, 6) is 0. The van der Waals surface area contributed by atoms with Crippen LogP contribution in [0.2, 0.25) is 0 Å². The predicted molar refractivity (Wildman–Crippen MR) is 192 cm³/mol. The van der Waals surface area contributed by atoms with Gasteiger partial charge in [-0.05, 0) is 128 Å². The van der Waals surface area contributed by atoms with Gasteiger partial charge < -0.3 is 17.2 Å². The minimum Gasteiger partial charge on any atom is -0.399 e. The second-order valence-corrected chi connectivity index (χ2v) is 11.4. The summed E-state index contributed by atoms with van der Waals surface area (Å²) in [6.45, 7) is 0. The van der Waals surface area contributed by atoms with Crippen molar-refractivity contribution in [2.24, 2.45) is 0 Å². The molecule has 0 aliphatic heterocycles. The molecule has 0 radical (unpaired) electrons. The molecule has 0 aromatic heterocycles. The van der Waals surface area contributed by atoms with Crippen molar-refractivity contribution in [3.05, 3.63) is 164 Å². The van der Waals surface area contributed by atoms with E-state index in [0.717, 1.165) is 83.8 Å². The van der Waals surface area contributed by atoms with E-state index in [1.807, 2.05) is 48.5 Å². The standard InChI is InChI=1S/C42H33N3/c43-39-19-17-28(18-20-39)29-7-3-9-31(21-29)36-24-37(32-10-4-8-30(22-32)34-12-6-14-40(44)27-34)26-38(25-36)33-11-5-13-35(23-33)41-15-1-2-16-42(41)45/h1-27H,43-45H2. The lowest BCUT2D eigenvalue weighted by Gasteiger charge is -2.14. The summed E-state index contributed by atoms with van der Waals surface area (Å²) in [4.78, 5) is 0. The van der Waals surface area contributed by atoms with Crippen molar-refractivity contribution in [3.63, 3.8) is 0 Å². The quantitative estimate of drug-likeness (QED) is 0.172. The molecule has 0 fully saturated rings. The molecule has 0 bridgehead atoms. The minimum absolute atomic E-state index is 0.752. The fraction of sp³-hybridized carbons (Fsp3) is 0. The zero-order valence-electron chi connectivity index (χ0n) is 24.8. The highest BCUT2D eigenvalue weighted by molar-refractivity contribution is 5.86. The van der Waals surface area contributed by atoms with Gasteiger partial charge in [0, 0.05) is 22.6 Å². The smallest absolute Gasteiger partial charge is 0.0393 e. The first-order valence-corrected chi connectivity index (χ1v) is 15.0. The molecule has 6 N–H and O–H groups in total. The maximum atomic E-state index is 6.37. The number of anilines is 3. The molecule has 216 valence electrons. The Kier molecular flexibility index (Phi) is 7.34. The Balaban J connectivity index is 1.38. The number of hydrogen-bond acceptors (Lipinski definition) is 3. The van der Waals surface area contributed by atoms with Gasteiger partial charge in [-0.2, -0.15) is 0 Å². The molecule has 0 saturated heterocycles. The van der Waals surface area contributed by atoms with Crippen molar-refractivity contribution in [3.8, 4) is 66.8 Å². The fourth-order valence-corrected chi connectivity index (χ4v) is 5.90. The van der Waals surface area contributed by atoms with Gasteiger partial charge in [0.1, 0.15) is 0 Å². The largest absolute Gasteiger partial charge is 0.399 e. The topological polar surface area (TPSA) is 78.1 Å². The van der Waals surface area contributed by atoms with E-state index < -0.39 is 0 Å². The Morgan fingerprint density at radius 3 is 1.18 bits per heavy atom. The van der Waals surface area contributed by atoms with Gasteiger partial charge in [-0.15, -0.1) is 0 Å². The number of benzene rings is 7. The molecule has 0 unspecified atom stereocenters. The summed E-state index contributed by atoms with van der Waals surface area (Å²) in [6, 6.07) is 56.8. The lowest BCUT2D eigenvalue weighted by Crippen LogP contribution is -1.91. The highest BCUT2D eigenvalue weighted by atomic mass is 14.6. The third-order valence-corrected chi connectivity index (χ3v) is 8.26. The lowest BCUT2D eigenvalue weighted by atomic mass is 9.90. The zero-order chi connectivity index (χ0) is 30.8. The van der Waals surface area contributed by atoms with E-state index in [2.05, 4.69) is 115 Å². The molecule has 7 rings (SSSR count). The Morgan fingerprint density at radius 1 is 0.244 bits per heavy atom. The molecule has 0 aliphatic rings. The second kappa shape index (κ2) is 11.9. The van der Waals surface area contributed by atoms with Crippen LogP contribution >= 0.6 is 0 Å². The zero-order valence-corrected chi connectivity index (χ0v) is 24.8. The van der Waals surface area contributed by atoms with Crippen molar-refractivity contribution < 1.29 is 0 Å². The molecule has 7 aromatic rings.